The van der Waals surface area contributed by atoms with Crippen LogP contribution in [-0.2, 0) is 33.8 Å². The minimum Gasteiger partial charge on any atom is -0.497 e. The van der Waals surface area contributed by atoms with E-state index in [-0.39, 0.29) is 18.4 Å². The van der Waals surface area contributed by atoms with Crippen LogP contribution in [0.1, 0.15) is 16.8 Å². The third-order valence-corrected chi connectivity index (χ3v) is 6.34. The fourth-order valence-electron chi connectivity index (χ4n) is 4.55. The maximum Gasteiger partial charge on any atom is 0.266 e. The number of benzene rings is 2. The number of carbonyl (C=O) groups excluding carboxylic acids is 3. The fourth-order valence-corrected chi connectivity index (χ4v) is 4.55. The highest BCUT2D eigenvalue weighted by Gasteiger charge is 2.43. The van der Waals surface area contributed by atoms with Crippen molar-refractivity contribution in [3.63, 3.8) is 0 Å². The molecule has 9 nitrogen and oxygen atoms in total. The molecular formula is C25H25N5O4. The molecule has 3 heterocycles. The average Bonchev–Trinajstić information content (AvgIpc) is 3.22. The molecule has 3 aromatic rings. The topological polar surface area (TPSA) is 107 Å². The standard InChI is InChI=1S/C25H25N5O4/c1-34-17-8-6-16(7-9-17)10-11-26-23(31)13-27-30-15-24(32)29-14-21-19(12-22(29)25(30)33)18-4-2-3-5-20(18)28-21/h2-9,13,22,28H,10-12,14-15H2,1H3,(H,26,31)/b27-13-/t22-/m1/s1. The Balaban J connectivity index is 1.21. The number of hydrogen-bond acceptors (Lipinski definition) is 5. The number of hydrogen-bond donors (Lipinski definition) is 2. The number of piperazine rings is 1. The number of carbonyl (C=O) groups is 3. The third kappa shape index (κ3) is 4.12. The second-order valence-corrected chi connectivity index (χ2v) is 8.40. The van der Waals surface area contributed by atoms with Crippen molar-refractivity contribution < 1.29 is 19.1 Å². The first-order chi connectivity index (χ1) is 16.5. The van der Waals surface area contributed by atoms with Gasteiger partial charge >= 0.3 is 0 Å². The second kappa shape index (κ2) is 9.01. The molecule has 174 valence electrons. The molecule has 1 fully saturated rings. The molecule has 3 amide bonds. The second-order valence-electron chi connectivity index (χ2n) is 8.40. The number of rotatable bonds is 6. The monoisotopic (exact) mass is 459 g/mol. The highest BCUT2D eigenvalue weighted by atomic mass is 16.5. The normalized spacial score (nSPS) is 17.7. The Morgan fingerprint density at radius 3 is 2.76 bits per heavy atom. The van der Waals surface area contributed by atoms with Crippen LogP contribution in [0.25, 0.3) is 10.9 Å². The number of hydrazone groups is 1. The minimum atomic E-state index is -0.622. The average molecular weight is 460 g/mol. The van der Waals surface area contributed by atoms with Crippen molar-refractivity contribution >= 4 is 34.8 Å². The van der Waals surface area contributed by atoms with Crippen LogP contribution in [0.2, 0.25) is 0 Å². The number of nitrogens with one attached hydrogen (secondary N) is 2. The van der Waals surface area contributed by atoms with Gasteiger partial charge in [0.1, 0.15) is 24.6 Å². The Morgan fingerprint density at radius 1 is 1.18 bits per heavy atom. The molecular weight excluding hydrogens is 434 g/mol. The molecule has 1 atom stereocenters. The number of amides is 3. The Kier molecular flexibility index (Phi) is 5.75. The lowest BCUT2D eigenvalue weighted by atomic mass is 9.94. The first-order valence-corrected chi connectivity index (χ1v) is 11.2. The summed E-state index contributed by atoms with van der Waals surface area (Å²) in [5.74, 6) is -0.111. The number of methoxy groups -OCH3 is 1. The van der Waals surface area contributed by atoms with E-state index in [1.807, 2.05) is 48.5 Å². The third-order valence-electron chi connectivity index (χ3n) is 6.34. The van der Waals surface area contributed by atoms with Crippen molar-refractivity contribution in [3.8, 4) is 5.75 Å². The zero-order chi connectivity index (χ0) is 23.7. The van der Waals surface area contributed by atoms with Crippen LogP contribution in [-0.4, -0.2) is 65.1 Å². The number of fused-ring (bicyclic) bond motifs is 4. The Labute approximate surface area is 196 Å². The van der Waals surface area contributed by atoms with Gasteiger partial charge in [-0.3, -0.25) is 14.4 Å². The van der Waals surface area contributed by atoms with Gasteiger partial charge in [-0.15, -0.1) is 0 Å². The van der Waals surface area contributed by atoms with Gasteiger partial charge in [-0.25, -0.2) is 5.01 Å². The van der Waals surface area contributed by atoms with Gasteiger partial charge in [0, 0.05) is 29.6 Å². The van der Waals surface area contributed by atoms with Crippen LogP contribution in [0.5, 0.6) is 5.75 Å². The summed E-state index contributed by atoms with van der Waals surface area (Å²) in [7, 11) is 1.61. The maximum atomic E-state index is 13.1. The number of aromatic nitrogens is 1. The molecule has 2 aliphatic rings. The SMILES string of the molecule is COc1ccc(CCNC(=O)/C=N\N2CC(=O)N3Cc4[nH]c5ccccc5c4C[C@@H]3C2=O)cc1. The van der Waals surface area contributed by atoms with E-state index in [1.54, 1.807) is 12.0 Å². The number of para-hydroxylation sites is 1. The van der Waals surface area contributed by atoms with E-state index in [9.17, 15) is 14.4 Å². The lowest BCUT2D eigenvalue weighted by Crippen LogP contribution is -2.60. The minimum absolute atomic E-state index is 0.180. The molecule has 1 saturated heterocycles. The van der Waals surface area contributed by atoms with E-state index >= 15 is 0 Å². The van der Waals surface area contributed by atoms with Crippen molar-refractivity contribution in [2.24, 2.45) is 5.10 Å². The lowest BCUT2D eigenvalue weighted by molar-refractivity contribution is -0.157. The van der Waals surface area contributed by atoms with Crippen molar-refractivity contribution in [2.75, 3.05) is 20.2 Å². The zero-order valence-corrected chi connectivity index (χ0v) is 18.8. The Bertz CT molecular complexity index is 1280. The number of aromatic amines is 1. The lowest BCUT2D eigenvalue weighted by Gasteiger charge is -2.40. The van der Waals surface area contributed by atoms with Gasteiger partial charge in [-0.2, -0.15) is 5.10 Å². The molecule has 1 aromatic heterocycles. The van der Waals surface area contributed by atoms with E-state index in [1.165, 1.54) is 0 Å². The van der Waals surface area contributed by atoms with Gasteiger partial charge in [-0.1, -0.05) is 30.3 Å². The molecule has 2 N–H and O–H groups in total. The van der Waals surface area contributed by atoms with E-state index < -0.39 is 11.9 Å². The molecule has 2 aliphatic heterocycles. The fraction of sp³-hybridized carbons (Fsp3) is 0.280. The predicted molar refractivity (Wildman–Crippen MR) is 126 cm³/mol. The van der Waals surface area contributed by atoms with E-state index in [0.29, 0.717) is 25.9 Å². The first kappa shape index (κ1) is 21.7. The van der Waals surface area contributed by atoms with Gasteiger partial charge in [0.2, 0.25) is 5.91 Å². The number of H-pyrrole nitrogens is 1. The van der Waals surface area contributed by atoms with Crippen LogP contribution in [0.3, 0.4) is 0 Å². The molecule has 0 bridgehead atoms. The number of ether oxygens (including phenoxy) is 1. The molecule has 0 radical (unpaired) electrons. The summed E-state index contributed by atoms with van der Waals surface area (Å²) in [6.07, 6.45) is 2.13. The summed E-state index contributed by atoms with van der Waals surface area (Å²) in [5.41, 5.74) is 4.07. The van der Waals surface area contributed by atoms with Crippen LogP contribution >= 0.6 is 0 Å². The van der Waals surface area contributed by atoms with Gasteiger partial charge in [0.25, 0.3) is 11.8 Å². The number of nitrogens with zero attached hydrogens (tertiary/aromatic N) is 3. The smallest absolute Gasteiger partial charge is 0.266 e. The summed E-state index contributed by atoms with van der Waals surface area (Å²) >= 11 is 0. The van der Waals surface area contributed by atoms with Crippen LogP contribution in [0.15, 0.2) is 53.6 Å². The van der Waals surface area contributed by atoms with Crippen molar-refractivity contribution in [2.45, 2.75) is 25.4 Å². The van der Waals surface area contributed by atoms with E-state index in [0.717, 1.165) is 44.7 Å². The first-order valence-electron chi connectivity index (χ1n) is 11.2. The molecule has 34 heavy (non-hydrogen) atoms. The van der Waals surface area contributed by atoms with Gasteiger partial charge in [-0.05, 0) is 35.7 Å². The summed E-state index contributed by atoms with van der Waals surface area (Å²) in [6, 6.07) is 14.9. The Hall–Kier alpha value is -4.14. The molecule has 0 unspecified atom stereocenters. The summed E-state index contributed by atoms with van der Waals surface area (Å²) in [4.78, 5) is 43.0. The molecule has 5 rings (SSSR count). The van der Waals surface area contributed by atoms with Crippen LogP contribution in [0.4, 0.5) is 0 Å². The summed E-state index contributed by atoms with van der Waals surface area (Å²) < 4.78 is 5.14. The zero-order valence-electron chi connectivity index (χ0n) is 18.8. The van der Waals surface area contributed by atoms with Crippen LogP contribution in [0, 0.1) is 0 Å². The van der Waals surface area contributed by atoms with Crippen LogP contribution < -0.4 is 10.1 Å². The molecule has 9 heteroatoms. The van der Waals surface area contributed by atoms with Crippen molar-refractivity contribution in [1.82, 2.24) is 20.2 Å². The Morgan fingerprint density at radius 2 is 1.97 bits per heavy atom. The summed E-state index contributed by atoms with van der Waals surface area (Å²) in [5, 5.41) is 8.96. The highest BCUT2D eigenvalue weighted by Crippen LogP contribution is 2.32. The summed E-state index contributed by atoms with van der Waals surface area (Å²) in [6.45, 7) is 0.604. The van der Waals surface area contributed by atoms with Gasteiger partial charge in [0.15, 0.2) is 0 Å². The molecule has 2 aromatic carbocycles. The van der Waals surface area contributed by atoms with Crippen molar-refractivity contribution in [1.29, 1.82) is 0 Å². The molecule has 0 saturated carbocycles. The van der Waals surface area contributed by atoms with Crippen molar-refractivity contribution in [3.05, 3.63) is 65.4 Å². The maximum absolute atomic E-state index is 13.1. The molecule has 0 spiro atoms. The van der Waals surface area contributed by atoms with E-state index in [2.05, 4.69) is 15.4 Å². The molecule has 0 aliphatic carbocycles. The largest absolute Gasteiger partial charge is 0.497 e. The van der Waals surface area contributed by atoms with Gasteiger partial charge < -0.3 is 19.9 Å². The quantitative estimate of drug-likeness (QED) is 0.546. The predicted octanol–water partition coefficient (Wildman–Crippen LogP) is 1.62. The van der Waals surface area contributed by atoms with E-state index in [4.69, 9.17) is 4.74 Å². The highest BCUT2D eigenvalue weighted by molar-refractivity contribution is 6.26. The van der Waals surface area contributed by atoms with Gasteiger partial charge in [0.05, 0.1) is 13.7 Å².